The van der Waals surface area contributed by atoms with Crippen molar-refractivity contribution in [2.75, 3.05) is 5.32 Å². The van der Waals surface area contributed by atoms with Crippen LogP contribution in [0.1, 0.15) is 5.56 Å². The Balaban J connectivity index is 1.65. The van der Waals surface area contributed by atoms with Crippen molar-refractivity contribution in [1.29, 1.82) is 0 Å². The third kappa shape index (κ3) is 3.41. The zero-order chi connectivity index (χ0) is 19.0. The van der Waals surface area contributed by atoms with Gasteiger partial charge < -0.3 is 5.32 Å². The van der Waals surface area contributed by atoms with Crippen LogP contribution in [-0.4, -0.2) is 15.5 Å². The molecule has 0 saturated heterocycles. The Morgan fingerprint density at radius 1 is 1.30 bits per heavy atom. The van der Waals surface area contributed by atoms with Crippen LogP contribution in [0.3, 0.4) is 0 Å². The summed E-state index contributed by atoms with van der Waals surface area (Å²) in [6.45, 7) is 1.57. The predicted octanol–water partition coefficient (Wildman–Crippen LogP) is 4.27. The van der Waals surface area contributed by atoms with Crippen LogP contribution in [0.2, 0.25) is 0 Å². The van der Waals surface area contributed by atoms with E-state index < -0.39 is 11.7 Å². The van der Waals surface area contributed by atoms with Gasteiger partial charge in [0.05, 0.1) is 11.7 Å². The normalized spacial score (nSPS) is 11.0. The number of rotatable bonds is 4. The van der Waals surface area contributed by atoms with E-state index in [-0.39, 0.29) is 12.1 Å². The summed E-state index contributed by atoms with van der Waals surface area (Å²) in [5, 5.41) is 7.02. The van der Waals surface area contributed by atoms with Gasteiger partial charge in [0.25, 0.3) is 5.56 Å². The standard InChI is InChI=1S/C19H14FN3O2S2/c1-11-4-5-12(20)7-14(11)22-16(24)8-23-10-21-18-17(19(23)25)13(9-27-18)15-3-2-6-26-15/h2-7,9-10H,8H2,1H3,(H,22,24). The highest BCUT2D eigenvalue weighted by Gasteiger charge is 2.15. The molecule has 0 bridgehead atoms. The Bertz CT molecular complexity index is 1200. The number of aromatic nitrogens is 2. The molecule has 0 aliphatic carbocycles. The molecule has 0 unspecified atom stereocenters. The van der Waals surface area contributed by atoms with Gasteiger partial charge in [0.1, 0.15) is 17.2 Å². The highest BCUT2D eigenvalue weighted by atomic mass is 32.1. The molecule has 27 heavy (non-hydrogen) atoms. The molecule has 0 radical (unpaired) electrons. The van der Waals surface area contributed by atoms with Gasteiger partial charge in [-0.3, -0.25) is 14.2 Å². The summed E-state index contributed by atoms with van der Waals surface area (Å²) in [5.74, 6) is -0.852. The van der Waals surface area contributed by atoms with Crippen LogP contribution >= 0.6 is 22.7 Å². The van der Waals surface area contributed by atoms with Gasteiger partial charge in [0.15, 0.2) is 0 Å². The molecule has 1 aromatic carbocycles. The van der Waals surface area contributed by atoms with E-state index in [0.29, 0.717) is 15.9 Å². The van der Waals surface area contributed by atoms with Crippen LogP contribution in [0.25, 0.3) is 20.7 Å². The van der Waals surface area contributed by atoms with Crippen LogP contribution in [0.5, 0.6) is 0 Å². The fraction of sp³-hybridized carbons (Fsp3) is 0.105. The second-order valence-corrected chi connectivity index (χ2v) is 7.80. The lowest BCUT2D eigenvalue weighted by molar-refractivity contribution is -0.116. The minimum atomic E-state index is -0.435. The number of amides is 1. The third-order valence-electron chi connectivity index (χ3n) is 4.14. The van der Waals surface area contributed by atoms with Gasteiger partial charge in [0.2, 0.25) is 5.91 Å². The number of hydrogen-bond donors (Lipinski definition) is 1. The second-order valence-electron chi connectivity index (χ2n) is 5.99. The average Bonchev–Trinajstić information content (AvgIpc) is 3.30. The molecular weight excluding hydrogens is 385 g/mol. The smallest absolute Gasteiger partial charge is 0.263 e. The molecule has 4 aromatic rings. The van der Waals surface area contributed by atoms with Crippen molar-refractivity contribution >= 4 is 44.5 Å². The van der Waals surface area contributed by atoms with Gasteiger partial charge in [0, 0.05) is 21.5 Å². The van der Waals surface area contributed by atoms with Gasteiger partial charge in [-0.15, -0.1) is 22.7 Å². The van der Waals surface area contributed by atoms with Crippen LogP contribution in [0.15, 0.2) is 52.2 Å². The van der Waals surface area contributed by atoms with E-state index in [4.69, 9.17) is 0 Å². The van der Waals surface area contributed by atoms with Gasteiger partial charge >= 0.3 is 0 Å². The number of hydrogen-bond acceptors (Lipinski definition) is 5. The Hall–Kier alpha value is -2.84. The number of nitrogens with one attached hydrogen (secondary N) is 1. The summed E-state index contributed by atoms with van der Waals surface area (Å²) >= 11 is 2.94. The molecule has 5 nitrogen and oxygen atoms in total. The number of nitrogens with zero attached hydrogens (tertiary/aromatic N) is 2. The van der Waals surface area contributed by atoms with E-state index in [1.54, 1.807) is 24.3 Å². The maximum Gasteiger partial charge on any atom is 0.263 e. The Morgan fingerprint density at radius 2 is 2.15 bits per heavy atom. The summed E-state index contributed by atoms with van der Waals surface area (Å²) in [4.78, 5) is 31.2. The molecule has 8 heteroatoms. The maximum absolute atomic E-state index is 13.4. The molecule has 3 heterocycles. The first-order valence-electron chi connectivity index (χ1n) is 8.09. The molecule has 3 aromatic heterocycles. The molecular formula is C19H14FN3O2S2. The number of halogens is 1. The van der Waals surface area contributed by atoms with Crippen molar-refractivity contribution in [3.63, 3.8) is 0 Å². The fourth-order valence-corrected chi connectivity index (χ4v) is 4.49. The average molecular weight is 399 g/mol. The lowest BCUT2D eigenvalue weighted by atomic mass is 10.2. The first kappa shape index (κ1) is 17.6. The molecule has 0 saturated carbocycles. The highest BCUT2D eigenvalue weighted by molar-refractivity contribution is 7.18. The van der Waals surface area contributed by atoms with Crippen LogP contribution in [0, 0.1) is 12.7 Å². The maximum atomic E-state index is 13.4. The predicted molar refractivity (Wildman–Crippen MR) is 107 cm³/mol. The topological polar surface area (TPSA) is 64.0 Å². The molecule has 0 atom stereocenters. The summed E-state index contributed by atoms with van der Waals surface area (Å²) < 4.78 is 14.7. The first-order chi connectivity index (χ1) is 13.0. The molecule has 0 spiro atoms. The molecule has 0 aliphatic heterocycles. The zero-order valence-corrected chi connectivity index (χ0v) is 15.9. The largest absolute Gasteiger partial charge is 0.324 e. The molecule has 0 aliphatic rings. The number of anilines is 1. The van der Waals surface area contributed by atoms with E-state index in [1.807, 2.05) is 22.9 Å². The van der Waals surface area contributed by atoms with Crippen molar-refractivity contribution < 1.29 is 9.18 Å². The molecule has 4 rings (SSSR count). The number of aryl methyl sites for hydroxylation is 1. The Morgan fingerprint density at radius 3 is 2.93 bits per heavy atom. The van der Waals surface area contributed by atoms with Crippen LogP contribution in [-0.2, 0) is 11.3 Å². The Labute approximate surface area is 161 Å². The lowest BCUT2D eigenvalue weighted by Crippen LogP contribution is -2.28. The van der Waals surface area contributed by atoms with E-state index in [2.05, 4.69) is 10.3 Å². The fourth-order valence-electron chi connectivity index (χ4n) is 2.77. The molecule has 1 N–H and O–H groups in total. The molecule has 1 amide bonds. The molecule has 0 fully saturated rings. The van der Waals surface area contributed by atoms with E-state index in [0.717, 1.165) is 16.0 Å². The number of fused-ring (bicyclic) bond motifs is 1. The number of carbonyl (C=O) groups is 1. The van der Waals surface area contributed by atoms with E-state index >= 15 is 0 Å². The summed E-state index contributed by atoms with van der Waals surface area (Å²) in [7, 11) is 0. The van der Waals surface area contributed by atoms with Crippen molar-refractivity contribution in [2.45, 2.75) is 13.5 Å². The SMILES string of the molecule is Cc1ccc(F)cc1NC(=O)Cn1cnc2scc(-c3cccs3)c2c1=O. The summed E-state index contributed by atoms with van der Waals surface area (Å²) in [6, 6.07) is 8.04. The lowest BCUT2D eigenvalue weighted by Gasteiger charge is -2.10. The third-order valence-corrected chi connectivity index (χ3v) is 5.92. The Kier molecular flexibility index (Phi) is 4.59. The van der Waals surface area contributed by atoms with Crippen LogP contribution in [0.4, 0.5) is 10.1 Å². The number of benzene rings is 1. The van der Waals surface area contributed by atoms with Crippen molar-refractivity contribution in [3.8, 4) is 10.4 Å². The quantitative estimate of drug-likeness (QED) is 0.557. The second kappa shape index (κ2) is 7.05. The first-order valence-corrected chi connectivity index (χ1v) is 9.85. The van der Waals surface area contributed by atoms with Gasteiger partial charge in [-0.1, -0.05) is 12.1 Å². The number of thiophene rings is 2. The molecule has 136 valence electrons. The zero-order valence-electron chi connectivity index (χ0n) is 14.2. The minimum absolute atomic E-state index is 0.197. The minimum Gasteiger partial charge on any atom is -0.324 e. The highest BCUT2D eigenvalue weighted by Crippen LogP contribution is 2.33. The van der Waals surface area contributed by atoms with Crippen molar-refractivity contribution in [1.82, 2.24) is 9.55 Å². The van der Waals surface area contributed by atoms with Gasteiger partial charge in [-0.25, -0.2) is 9.37 Å². The van der Waals surface area contributed by atoms with Crippen molar-refractivity contribution in [2.24, 2.45) is 0 Å². The summed E-state index contributed by atoms with van der Waals surface area (Å²) in [6.07, 6.45) is 1.37. The number of carbonyl (C=O) groups excluding carboxylic acids is 1. The summed E-state index contributed by atoms with van der Waals surface area (Å²) in [5.41, 5.74) is 1.69. The van der Waals surface area contributed by atoms with E-state index in [1.165, 1.54) is 34.4 Å². The van der Waals surface area contributed by atoms with Gasteiger partial charge in [-0.2, -0.15) is 0 Å². The van der Waals surface area contributed by atoms with E-state index in [9.17, 15) is 14.0 Å². The van der Waals surface area contributed by atoms with Gasteiger partial charge in [-0.05, 0) is 36.1 Å². The monoisotopic (exact) mass is 399 g/mol. The van der Waals surface area contributed by atoms with Crippen molar-refractivity contribution in [3.05, 3.63) is 69.2 Å². The van der Waals surface area contributed by atoms with Crippen LogP contribution < -0.4 is 10.9 Å².